The maximum atomic E-state index is 12.4. The van der Waals surface area contributed by atoms with Crippen molar-refractivity contribution >= 4 is 29.1 Å². The van der Waals surface area contributed by atoms with Gasteiger partial charge in [-0.2, -0.15) is 0 Å². The van der Waals surface area contributed by atoms with Crippen LogP contribution in [0.2, 0.25) is 0 Å². The Kier molecular flexibility index (Phi) is 7.77. The van der Waals surface area contributed by atoms with Crippen LogP contribution in [-0.4, -0.2) is 66.9 Å². The van der Waals surface area contributed by atoms with Gasteiger partial charge in [0.25, 0.3) is 5.91 Å². The average molecular weight is 416 g/mol. The number of carbonyl (C=O) groups is 3. The van der Waals surface area contributed by atoms with Gasteiger partial charge in [0.15, 0.2) is 0 Å². The molecule has 0 radical (unpaired) electrons. The summed E-state index contributed by atoms with van der Waals surface area (Å²) in [5.41, 5.74) is 0.957. The Morgan fingerprint density at radius 1 is 1.00 bits per heavy atom. The van der Waals surface area contributed by atoms with Crippen LogP contribution in [0.1, 0.15) is 21.7 Å². The molecule has 154 valence electrons. The molecule has 1 aromatic heterocycles. The van der Waals surface area contributed by atoms with Gasteiger partial charge in [-0.3, -0.25) is 19.3 Å². The third-order valence-electron chi connectivity index (χ3n) is 4.68. The fourth-order valence-corrected chi connectivity index (χ4v) is 3.75. The first kappa shape index (κ1) is 21.0. The highest BCUT2D eigenvalue weighted by molar-refractivity contribution is 7.12. The number of esters is 1. The van der Waals surface area contributed by atoms with E-state index in [-0.39, 0.29) is 37.5 Å². The van der Waals surface area contributed by atoms with Gasteiger partial charge < -0.3 is 15.0 Å². The van der Waals surface area contributed by atoms with E-state index in [0.717, 1.165) is 18.5 Å². The normalized spacial score (nSPS) is 14.8. The zero-order chi connectivity index (χ0) is 20.5. The number of ether oxygens (including phenoxy) is 1. The van der Waals surface area contributed by atoms with Crippen LogP contribution in [0.15, 0.2) is 47.8 Å². The number of rotatable bonds is 7. The summed E-state index contributed by atoms with van der Waals surface area (Å²) in [5, 5.41) is 4.50. The van der Waals surface area contributed by atoms with Crippen molar-refractivity contribution in [2.24, 2.45) is 0 Å². The van der Waals surface area contributed by atoms with Crippen LogP contribution in [0.25, 0.3) is 0 Å². The summed E-state index contributed by atoms with van der Waals surface area (Å²) in [5.74, 6) is -0.605. The molecule has 3 rings (SSSR count). The van der Waals surface area contributed by atoms with E-state index in [2.05, 4.69) is 5.32 Å². The number of nitrogens with zero attached hydrogens (tertiary/aromatic N) is 2. The van der Waals surface area contributed by atoms with E-state index in [9.17, 15) is 14.4 Å². The summed E-state index contributed by atoms with van der Waals surface area (Å²) in [6.07, 6.45) is 0.774. The second kappa shape index (κ2) is 10.7. The molecule has 1 aliphatic heterocycles. The van der Waals surface area contributed by atoms with Crippen molar-refractivity contribution in [3.8, 4) is 0 Å². The number of hydrogen-bond acceptors (Lipinski definition) is 6. The van der Waals surface area contributed by atoms with Gasteiger partial charge in [0, 0.05) is 26.2 Å². The zero-order valence-corrected chi connectivity index (χ0v) is 17.0. The van der Waals surface area contributed by atoms with E-state index in [1.54, 1.807) is 17.0 Å². The molecule has 2 amide bonds. The van der Waals surface area contributed by atoms with Gasteiger partial charge >= 0.3 is 5.97 Å². The lowest BCUT2D eigenvalue weighted by atomic mass is 10.2. The van der Waals surface area contributed by atoms with Crippen molar-refractivity contribution in [3.63, 3.8) is 0 Å². The summed E-state index contributed by atoms with van der Waals surface area (Å²) in [4.78, 5) is 40.8. The van der Waals surface area contributed by atoms with Crippen LogP contribution in [0.3, 0.4) is 0 Å². The minimum atomic E-state index is -0.267. The molecule has 0 bridgehead atoms. The van der Waals surface area contributed by atoms with Crippen LogP contribution >= 0.6 is 11.3 Å². The predicted octanol–water partition coefficient (Wildman–Crippen LogP) is 1.76. The molecule has 7 nitrogen and oxygen atoms in total. The number of amides is 2. The molecule has 1 aliphatic rings. The van der Waals surface area contributed by atoms with E-state index >= 15 is 0 Å². The Bertz CT molecular complexity index is 811. The topological polar surface area (TPSA) is 79.0 Å². The molecule has 0 atom stereocenters. The van der Waals surface area contributed by atoms with E-state index < -0.39 is 0 Å². The third-order valence-corrected chi connectivity index (χ3v) is 5.55. The Labute approximate surface area is 174 Å². The van der Waals surface area contributed by atoms with Gasteiger partial charge in [-0.05, 0) is 23.4 Å². The summed E-state index contributed by atoms with van der Waals surface area (Å²) >= 11 is 1.34. The second-order valence-electron chi connectivity index (χ2n) is 6.82. The first-order chi connectivity index (χ1) is 14.1. The van der Waals surface area contributed by atoms with Crippen LogP contribution < -0.4 is 5.32 Å². The molecule has 2 aromatic rings. The van der Waals surface area contributed by atoms with E-state index in [4.69, 9.17) is 4.74 Å². The molecule has 1 saturated heterocycles. The Balaban J connectivity index is 1.38. The highest BCUT2D eigenvalue weighted by Gasteiger charge is 2.21. The van der Waals surface area contributed by atoms with Crippen LogP contribution in [-0.2, 0) is 20.9 Å². The van der Waals surface area contributed by atoms with Crippen molar-refractivity contribution < 1.29 is 19.1 Å². The first-order valence-electron chi connectivity index (χ1n) is 9.63. The Morgan fingerprint density at radius 2 is 1.83 bits per heavy atom. The van der Waals surface area contributed by atoms with Crippen molar-refractivity contribution in [3.05, 3.63) is 58.3 Å². The summed E-state index contributed by atoms with van der Waals surface area (Å²) in [6, 6.07) is 13.1. The lowest BCUT2D eigenvalue weighted by Crippen LogP contribution is -2.42. The van der Waals surface area contributed by atoms with Gasteiger partial charge in [-0.25, -0.2) is 0 Å². The lowest BCUT2D eigenvalue weighted by Gasteiger charge is -2.21. The molecule has 29 heavy (non-hydrogen) atoms. The monoisotopic (exact) mass is 415 g/mol. The van der Waals surface area contributed by atoms with Gasteiger partial charge in [0.05, 0.1) is 18.0 Å². The minimum absolute atomic E-state index is 0.0180. The van der Waals surface area contributed by atoms with Crippen molar-refractivity contribution in [2.75, 3.05) is 39.3 Å². The number of thiophene rings is 1. The number of hydrogen-bond donors (Lipinski definition) is 1. The van der Waals surface area contributed by atoms with E-state index in [0.29, 0.717) is 24.5 Å². The highest BCUT2D eigenvalue weighted by atomic mass is 32.1. The molecule has 1 N–H and O–H groups in total. The van der Waals surface area contributed by atoms with Gasteiger partial charge in [-0.1, -0.05) is 36.4 Å². The van der Waals surface area contributed by atoms with Gasteiger partial charge in [0.1, 0.15) is 6.61 Å². The summed E-state index contributed by atoms with van der Waals surface area (Å²) < 4.78 is 5.34. The fourth-order valence-electron chi connectivity index (χ4n) is 3.11. The maximum Gasteiger partial charge on any atom is 0.320 e. The Morgan fingerprint density at radius 3 is 2.59 bits per heavy atom. The SMILES string of the molecule is O=C(CN1CCCN(C(=O)CNC(=O)c2cccs2)CC1)OCc1ccccc1. The lowest BCUT2D eigenvalue weighted by molar-refractivity contribution is -0.146. The standard InChI is InChI=1S/C21H25N3O4S/c25-19(14-22-21(27)18-8-4-13-29-18)24-10-5-9-23(11-12-24)15-20(26)28-16-17-6-2-1-3-7-17/h1-4,6-8,13H,5,9-12,14-16H2,(H,22,27). The van der Waals surface area contributed by atoms with Crippen LogP contribution in [0.5, 0.6) is 0 Å². The number of carbonyl (C=O) groups excluding carboxylic acids is 3. The quantitative estimate of drug-likeness (QED) is 0.697. The molecular formula is C21H25N3O4S. The smallest absolute Gasteiger partial charge is 0.320 e. The molecule has 1 fully saturated rings. The predicted molar refractivity (Wildman–Crippen MR) is 111 cm³/mol. The molecule has 8 heteroatoms. The van der Waals surface area contributed by atoms with E-state index in [1.165, 1.54) is 11.3 Å². The van der Waals surface area contributed by atoms with Crippen molar-refractivity contribution in [1.29, 1.82) is 0 Å². The molecule has 0 spiro atoms. The van der Waals surface area contributed by atoms with Gasteiger partial charge in [0.2, 0.25) is 5.91 Å². The number of nitrogens with one attached hydrogen (secondary N) is 1. The largest absolute Gasteiger partial charge is 0.460 e. The molecule has 0 unspecified atom stereocenters. The van der Waals surface area contributed by atoms with Gasteiger partial charge in [-0.15, -0.1) is 11.3 Å². The molecule has 1 aromatic carbocycles. The number of benzene rings is 1. The minimum Gasteiger partial charge on any atom is -0.460 e. The van der Waals surface area contributed by atoms with Crippen LogP contribution in [0, 0.1) is 0 Å². The fraction of sp³-hybridized carbons (Fsp3) is 0.381. The third kappa shape index (κ3) is 6.69. The van der Waals surface area contributed by atoms with Crippen LogP contribution in [0.4, 0.5) is 0 Å². The summed E-state index contributed by atoms with van der Waals surface area (Å²) in [6.45, 7) is 2.93. The summed E-state index contributed by atoms with van der Waals surface area (Å²) in [7, 11) is 0. The average Bonchev–Trinajstić information content (AvgIpc) is 3.18. The van der Waals surface area contributed by atoms with Crippen molar-refractivity contribution in [1.82, 2.24) is 15.1 Å². The Hall–Kier alpha value is -2.71. The zero-order valence-electron chi connectivity index (χ0n) is 16.2. The highest BCUT2D eigenvalue weighted by Crippen LogP contribution is 2.08. The first-order valence-corrected chi connectivity index (χ1v) is 10.5. The maximum absolute atomic E-state index is 12.4. The molecular weight excluding hydrogens is 390 g/mol. The van der Waals surface area contributed by atoms with Crippen molar-refractivity contribution in [2.45, 2.75) is 13.0 Å². The molecule has 2 heterocycles. The van der Waals surface area contributed by atoms with E-state index in [1.807, 2.05) is 40.6 Å². The molecule has 0 aliphatic carbocycles. The second-order valence-corrected chi connectivity index (χ2v) is 7.76. The molecule has 0 saturated carbocycles.